The number of aliphatic hydroxyl groups excluding tert-OH is 1. The van der Waals surface area contributed by atoms with Gasteiger partial charge in [0.05, 0.1) is 19.3 Å². The number of hydrogen-bond acceptors (Lipinski definition) is 4. The largest absolute Gasteiger partial charge is 0.394 e. The van der Waals surface area contributed by atoms with E-state index in [1.807, 2.05) is 20.8 Å². The van der Waals surface area contributed by atoms with Gasteiger partial charge in [-0.15, -0.1) is 0 Å². The van der Waals surface area contributed by atoms with Crippen molar-refractivity contribution in [3.05, 3.63) is 12.4 Å². The second-order valence-electron chi connectivity index (χ2n) is 5.05. The minimum atomic E-state index is -3.51. The number of rotatable bonds is 5. The van der Waals surface area contributed by atoms with Crippen molar-refractivity contribution in [2.45, 2.75) is 32.2 Å². The summed E-state index contributed by atoms with van der Waals surface area (Å²) >= 11 is 0. The van der Waals surface area contributed by atoms with Crippen LogP contribution in [0.1, 0.15) is 20.8 Å². The van der Waals surface area contributed by atoms with Gasteiger partial charge in [0.2, 0.25) is 10.0 Å². The molecule has 1 aromatic rings. The van der Waals surface area contributed by atoms with Crippen LogP contribution in [0.4, 0.5) is 0 Å². The molecule has 1 aromatic heterocycles. The van der Waals surface area contributed by atoms with Gasteiger partial charge in [-0.25, -0.2) is 13.1 Å². The van der Waals surface area contributed by atoms with Crippen LogP contribution in [0.3, 0.4) is 0 Å². The standard InChI is InChI=1S/C10H19N3O3S/c1-10(2,3)8-12-17(15,16)9-6-11-13(7-9)4-5-14/h6-7,12,14H,4-5,8H2,1-3H3. The maximum Gasteiger partial charge on any atom is 0.243 e. The zero-order valence-electron chi connectivity index (χ0n) is 10.3. The third-order valence-electron chi connectivity index (χ3n) is 2.04. The Labute approximate surface area is 102 Å². The molecule has 2 N–H and O–H groups in total. The van der Waals surface area contributed by atoms with E-state index in [1.54, 1.807) is 0 Å². The van der Waals surface area contributed by atoms with Crippen molar-refractivity contribution in [2.75, 3.05) is 13.2 Å². The van der Waals surface area contributed by atoms with Gasteiger partial charge in [0, 0.05) is 12.7 Å². The van der Waals surface area contributed by atoms with Crippen LogP contribution in [0.25, 0.3) is 0 Å². The predicted molar refractivity (Wildman–Crippen MR) is 64.0 cm³/mol. The van der Waals surface area contributed by atoms with E-state index in [4.69, 9.17) is 5.11 Å². The molecular weight excluding hydrogens is 242 g/mol. The third-order valence-corrected chi connectivity index (χ3v) is 3.40. The maximum absolute atomic E-state index is 11.9. The Morgan fingerprint density at radius 3 is 2.65 bits per heavy atom. The summed E-state index contributed by atoms with van der Waals surface area (Å²) in [6, 6.07) is 0. The van der Waals surface area contributed by atoms with Gasteiger partial charge >= 0.3 is 0 Å². The average Bonchev–Trinajstić information content (AvgIpc) is 2.64. The molecule has 0 fully saturated rings. The Kier molecular flexibility index (Phi) is 4.29. The van der Waals surface area contributed by atoms with Crippen LogP contribution < -0.4 is 4.72 Å². The number of nitrogens with one attached hydrogen (secondary N) is 1. The van der Waals surface area contributed by atoms with Crippen molar-refractivity contribution in [1.82, 2.24) is 14.5 Å². The molecule has 1 heterocycles. The average molecular weight is 261 g/mol. The summed E-state index contributed by atoms with van der Waals surface area (Å²) in [5, 5.41) is 12.6. The molecule has 98 valence electrons. The summed E-state index contributed by atoms with van der Waals surface area (Å²) in [7, 11) is -3.51. The summed E-state index contributed by atoms with van der Waals surface area (Å²) < 4.78 is 27.7. The van der Waals surface area contributed by atoms with Crippen molar-refractivity contribution in [3.63, 3.8) is 0 Å². The highest BCUT2D eigenvalue weighted by atomic mass is 32.2. The van der Waals surface area contributed by atoms with Gasteiger partial charge in [-0.3, -0.25) is 4.68 Å². The first kappa shape index (κ1) is 14.1. The lowest BCUT2D eigenvalue weighted by atomic mass is 9.98. The summed E-state index contributed by atoms with van der Waals surface area (Å²) in [5.41, 5.74) is -0.117. The SMILES string of the molecule is CC(C)(C)CNS(=O)(=O)c1cnn(CCO)c1. The molecular formula is C10H19N3O3S. The van der Waals surface area contributed by atoms with Crippen molar-refractivity contribution in [1.29, 1.82) is 0 Å². The second-order valence-corrected chi connectivity index (χ2v) is 6.81. The third kappa shape index (κ3) is 4.45. The Balaban J connectivity index is 2.75. The molecule has 0 aliphatic heterocycles. The van der Waals surface area contributed by atoms with Crippen LogP contribution in [-0.2, 0) is 16.6 Å². The molecule has 0 aliphatic rings. The fourth-order valence-corrected chi connectivity index (χ4v) is 2.34. The summed E-state index contributed by atoms with van der Waals surface area (Å²) in [5.74, 6) is 0. The smallest absolute Gasteiger partial charge is 0.243 e. The summed E-state index contributed by atoms with van der Waals surface area (Å²) in [6.45, 7) is 6.42. The highest BCUT2D eigenvalue weighted by Gasteiger charge is 2.19. The van der Waals surface area contributed by atoms with E-state index in [1.165, 1.54) is 17.1 Å². The van der Waals surface area contributed by atoms with E-state index < -0.39 is 10.0 Å². The minimum absolute atomic E-state index is 0.0728. The van der Waals surface area contributed by atoms with Crippen LogP contribution in [-0.4, -0.2) is 36.5 Å². The van der Waals surface area contributed by atoms with Crippen molar-refractivity contribution < 1.29 is 13.5 Å². The molecule has 0 spiro atoms. The summed E-state index contributed by atoms with van der Waals surface area (Å²) in [4.78, 5) is 0.121. The lowest BCUT2D eigenvalue weighted by Crippen LogP contribution is -2.32. The maximum atomic E-state index is 11.9. The van der Waals surface area contributed by atoms with Gasteiger partial charge in [-0.05, 0) is 5.41 Å². The molecule has 6 nitrogen and oxygen atoms in total. The zero-order chi connectivity index (χ0) is 13.1. The molecule has 0 saturated heterocycles. The normalized spacial score (nSPS) is 12.9. The van der Waals surface area contributed by atoms with E-state index in [2.05, 4.69) is 9.82 Å². The first-order valence-electron chi connectivity index (χ1n) is 5.37. The molecule has 0 aromatic carbocycles. The van der Waals surface area contributed by atoms with E-state index in [9.17, 15) is 8.42 Å². The zero-order valence-corrected chi connectivity index (χ0v) is 11.2. The fourth-order valence-electron chi connectivity index (χ4n) is 1.10. The Hall–Kier alpha value is -0.920. The molecule has 17 heavy (non-hydrogen) atoms. The molecule has 0 radical (unpaired) electrons. The molecule has 0 aliphatic carbocycles. The first-order chi connectivity index (χ1) is 7.74. The van der Waals surface area contributed by atoms with Gasteiger partial charge in [0.1, 0.15) is 4.90 Å². The van der Waals surface area contributed by atoms with E-state index in [-0.39, 0.29) is 23.5 Å². The number of sulfonamides is 1. The van der Waals surface area contributed by atoms with Gasteiger partial charge < -0.3 is 5.11 Å². The van der Waals surface area contributed by atoms with Crippen molar-refractivity contribution >= 4 is 10.0 Å². The highest BCUT2D eigenvalue weighted by Crippen LogP contribution is 2.13. The van der Waals surface area contributed by atoms with Crippen LogP contribution in [0.15, 0.2) is 17.3 Å². The number of nitrogens with zero attached hydrogens (tertiary/aromatic N) is 2. The molecule has 7 heteroatoms. The van der Waals surface area contributed by atoms with Crippen LogP contribution in [0, 0.1) is 5.41 Å². The summed E-state index contributed by atoms with van der Waals surface area (Å²) in [6.07, 6.45) is 2.68. The van der Waals surface area contributed by atoms with Crippen LogP contribution >= 0.6 is 0 Å². The van der Waals surface area contributed by atoms with Crippen LogP contribution in [0.2, 0.25) is 0 Å². The number of aromatic nitrogens is 2. The van der Waals surface area contributed by atoms with Crippen molar-refractivity contribution in [2.24, 2.45) is 5.41 Å². The van der Waals surface area contributed by atoms with Gasteiger partial charge in [-0.2, -0.15) is 5.10 Å². The number of aliphatic hydroxyl groups is 1. The lowest BCUT2D eigenvalue weighted by molar-refractivity contribution is 0.269. The molecule has 0 unspecified atom stereocenters. The Bertz CT molecular complexity index is 459. The minimum Gasteiger partial charge on any atom is -0.394 e. The van der Waals surface area contributed by atoms with E-state index >= 15 is 0 Å². The number of hydrogen-bond donors (Lipinski definition) is 2. The fraction of sp³-hybridized carbons (Fsp3) is 0.700. The Morgan fingerprint density at radius 1 is 1.47 bits per heavy atom. The lowest BCUT2D eigenvalue weighted by Gasteiger charge is -2.18. The molecule has 0 atom stereocenters. The van der Waals surface area contributed by atoms with Crippen molar-refractivity contribution in [3.8, 4) is 0 Å². The molecule has 0 bridgehead atoms. The monoisotopic (exact) mass is 261 g/mol. The second kappa shape index (κ2) is 5.16. The predicted octanol–water partition coefficient (Wildman–Crippen LogP) is 0.200. The van der Waals surface area contributed by atoms with E-state index in [0.717, 1.165) is 0 Å². The molecule has 1 rings (SSSR count). The highest BCUT2D eigenvalue weighted by molar-refractivity contribution is 7.89. The quantitative estimate of drug-likeness (QED) is 0.793. The van der Waals surface area contributed by atoms with Gasteiger partial charge in [0.15, 0.2) is 0 Å². The Morgan fingerprint density at radius 2 is 2.12 bits per heavy atom. The molecule has 0 amide bonds. The van der Waals surface area contributed by atoms with Gasteiger partial charge in [0.25, 0.3) is 0 Å². The first-order valence-corrected chi connectivity index (χ1v) is 6.86. The topological polar surface area (TPSA) is 84.2 Å². The van der Waals surface area contributed by atoms with Gasteiger partial charge in [-0.1, -0.05) is 20.8 Å². The van der Waals surface area contributed by atoms with Crippen LogP contribution in [0.5, 0.6) is 0 Å². The molecule has 0 saturated carbocycles. The van der Waals surface area contributed by atoms with E-state index in [0.29, 0.717) is 6.54 Å².